The van der Waals surface area contributed by atoms with E-state index >= 15 is 0 Å². The van der Waals surface area contributed by atoms with Gasteiger partial charge in [0.1, 0.15) is 0 Å². The van der Waals surface area contributed by atoms with Crippen molar-refractivity contribution in [2.75, 3.05) is 13.7 Å². The Morgan fingerprint density at radius 1 is 0.421 bits per heavy atom. The van der Waals surface area contributed by atoms with Crippen LogP contribution in [0.4, 0.5) is 0 Å². The number of methoxy groups -OCH3 is 1. The highest BCUT2D eigenvalue weighted by Crippen LogP contribution is 2.31. The molecule has 6 rings (SSSR count). The second-order valence-corrected chi connectivity index (χ2v) is 13.1. The Hall–Kier alpha value is -0.0400. The van der Waals surface area contributed by atoms with Crippen molar-refractivity contribution in [3.63, 3.8) is 0 Å². The molecular weight excluding hydrogens is 460 g/mol. The molecular formula is C37H78O. The minimum atomic E-state index is 0.819. The van der Waals surface area contributed by atoms with Gasteiger partial charge in [0.05, 0.1) is 0 Å². The Kier molecular flexibility index (Phi) is 35.0. The van der Waals surface area contributed by atoms with Crippen molar-refractivity contribution in [3.8, 4) is 0 Å². The molecule has 0 N–H and O–H groups in total. The van der Waals surface area contributed by atoms with Crippen molar-refractivity contribution < 1.29 is 4.74 Å². The molecule has 0 spiro atoms. The van der Waals surface area contributed by atoms with E-state index in [2.05, 4.69) is 46.3 Å². The normalized spacial score (nSPS) is 21.5. The minimum absolute atomic E-state index is 0.819. The van der Waals surface area contributed by atoms with Crippen molar-refractivity contribution in [2.45, 2.75) is 203 Å². The van der Waals surface area contributed by atoms with Gasteiger partial charge in [-0.05, 0) is 30.6 Å². The monoisotopic (exact) mass is 539 g/mol. The van der Waals surface area contributed by atoms with Crippen LogP contribution >= 0.6 is 0 Å². The molecule has 0 heterocycles. The fraction of sp³-hybridized carbons (Fsp3) is 1.00. The Labute approximate surface area is 244 Å². The summed E-state index contributed by atoms with van der Waals surface area (Å²) in [5.41, 5.74) is 0. The predicted molar refractivity (Wildman–Crippen MR) is 176 cm³/mol. The van der Waals surface area contributed by atoms with Gasteiger partial charge in [0.25, 0.3) is 0 Å². The lowest BCUT2D eigenvalue weighted by molar-refractivity contribution is 0.215. The zero-order valence-corrected chi connectivity index (χ0v) is 28.4. The largest absolute Gasteiger partial charge is 0.385 e. The van der Waals surface area contributed by atoms with Gasteiger partial charge >= 0.3 is 0 Å². The second kappa shape index (κ2) is 33.2. The first kappa shape index (κ1) is 40.1. The third-order valence-electron chi connectivity index (χ3n) is 8.22. The Bertz CT molecular complexity index is 358. The van der Waals surface area contributed by atoms with Gasteiger partial charge in [-0.3, -0.25) is 0 Å². The first-order valence-corrected chi connectivity index (χ1v) is 17.9. The van der Waals surface area contributed by atoms with Crippen LogP contribution in [0.5, 0.6) is 0 Å². The summed E-state index contributed by atoms with van der Waals surface area (Å²) in [5, 5.41) is 0. The molecule has 0 radical (unpaired) electrons. The maximum Gasteiger partial charge on any atom is 0.0433 e. The van der Waals surface area contributed by atoms with Crippen LogP contribution in [0, 0.1) is 23.7 Å². The summed E-state index contributed by atoms with van der Waals surface area (Å²) >= 11 is 0. The molecule has 6 fully saturated rings. The van der Waals surface area contributed by atoms with Crippen LogP contribution in [-0.2, 0) is 4.74 Å². The van der Waals surface area contributed by atoms with E-state index in [1.165, 1.54) is 154 Å². The molecule has 1 heteroatoms. The maximum atomic E-state index is 4.54. The summed E-state index contributed by atoms with van der Waals surface area (Å²) in [6, 6.07) is 0. The molecule has 0 unspecified atom stereocenters. The quantitative estimate of drug-likeness (QED) is 0.339. The SMILES string of the molecule is C1CCCC1.C1CCCCC1.CC1CC1.CC1CCC1.CC1CCCC1.CCC.CCC1CC1.CCOC. The molecule has 0 aromatic rings. The fourth-order valence-electron chi connectivity index (χ4n) is 4.38. The molecule has 0 saturated heterocycles. The van der Waals surface area contributed by atoms with Gasteiger partial charge in [-0.2, -0.15) is 0 Å². The van der Waals surface area contributed by atoms with Crippen molar-refractivity contribution in [1.82, 2.24) is 0 Å². The molecule has 6 aliphatic carbocycles. The lowest BCUT2D eigenvalue weighted by Gasteiger charge is -2.18. The molecule has 0 bridgehead atoms. The van der Waals surface area contributed by atoms with Gasteiger partial charge in [0.15, 0.2) is 0 Å². The molecule has 232 valence electrons. The molecule has 0 aromatic carbocycles. The van der Waals surface area contributed by atoms with E-state index in [4.69, 9.17) is 0 Å². The van der Waals surface area contributed by atoms with Crippen LogP contribution in [0.25, 0.3) is 0 Å². The number of ether oxygens (including phenoxy) is 1. The lowest BCUT2D eigenvalue weighted by atomic mass is 9.88. The van der Waals surface area contributed by atoms with E-state index in [1.54, 1.807) is 7.11 Å². The summed E-state index contributed by atoms with van der Waals surface area (Å²) in [7, 11) is 1.68. The predicted octanol–water partition coefficient (Wildman–Crippen LogP) is 13.6. The van der Waals surface area contributed by atoms with Crippen molar-refractivity contribution in [1.29, 1.82) is 0 Å². The Morgan fingerprint density at radius 3 is 0.737 bits per heavy atom. The Morgan fingerprint density at radius 2 is 0.684 bits per heavy atom. The van der Waals surface area contributed by atoms with Crippen molar-refractivity contribution >= 4 is 0 Å². The summed E-state index contributed by atoms with van der Waals surface area (Å²) in [4.78, 5) is 0. The van der Waals surface area contributed by atoms with E-state index in [0.29, 0.717) is 0 Å². The number of hydrogen-bond acceptors (Lipinski definition) is 1. The van der Waals surface area contributed by atoms with Crippen LogP contribution in [-0.4, -0.2) is 13.7 Å². The van der Waals surface area contributed by atoms with Crippen LogP contribution < -0.4 is 0 Å². The molecule has 1 nitrogen and oxygen atoms in total. The van der Waals surface area contributed by atoms with E-state index in [-0.39, 0.29) is 0 Å². The van der Waals surface area contributed by atoms with E-state index in [0.717, 1.165) is 30.3 Å². The zero-order valence-electron chi connectivity index (χ0n) is 28.4. The van der Waals surface area contributed by atoms with Gasteiger partial charge in [-0.15, -0.1) is 0 Å². The summed E-state index contributed by atoms with van der Waals surface area (Å²) in [6.45, 7) is 16.2. The third kappa shape index (κ3) is 40.5. The van der Waals surface area contributed by atoms with Crippen LogP contribution in [0.15, 0.2) is 0 Å². The lowest BCUT2D eigenvalue weighted by Crippen LogP contribution is -2.04. The van der Waals surface area contributed by atoms with Gasteiger partial charge in [0, 0.05) is 13.7 Å². The summed E-state index contributed by atoms with van der Waals surface area (Å²) in [5.74, 6) is 4.33. The fourth-order valence-corrected chi connectivity index (χ4v) is 4.38. The van der Waals surface area contributed by atoms with E-state index < -0.39 is 0 Å². The van der Waals surface area contributed by atoms with Crippen LogP contribution in [0.2, 0.25) is 0 Å². The molecule has 0 atom stereocenters. The van der Waals surface area contributed by atoms with Gasteiger partial charge in [-0.1, -0.05) is 196 Å². The number of rotatable bonds is 2. The van der Waals surface area contributed by atoms with E-state index in [9.17, 15) is 0 Å². The van der Waals surface area contributed by atoms with Gasteiger partial charge in [0.2, 0.25) is 0 Å². The first-order valence-electron chi connectivity index (χ1n) is 17.9. The van der Waals surface area contributed by atoms with Crippen LogP contribution in [0.3, 0.4) is 0 Å². The highest BCUT2D eigenvalue weighted by molar-refractivity contribution is 4.69. The highest BCUT2D eigenvalue weighted by atomic mass is 16.5. The highest BCUT2D eigenvalue weighted by Gasteiger charge is 2.17. The molecule has 0 aromatic heterocycles. The smallest absolute Gasteiger partial charge is 0.0433 e. The average molecular weight is 539 g/mol. The Balaban J connectivity index is 0. The van der Waals surface area contributed by atoms with Gasteiger partial charge < -0.3 is 4.74 Å². The minimum Gasteiger partial charge on any atom is -0.385 e. The first-order chi connectivity index (χ1) is 18.4. The van der Waals surface area contributed by atoms with Crippen LogP contribution in [0.1, 0.15) is 203 Å². The molecule has 0 amide bonds. The molecule has 38 heavy (non-hydrogen) atoms. The molecule has 0 aliphatic heterocycles. The van der Waals surface area contributed by atoms with Crippen molar-refractivity contribution in [2.24, 2.45) is 23.7 Å². The second-order valence-electron chi connectivity index (χ2n) is 13.1. The standard InChI is InChI=1S/2C6H12.3C5H10.C4H8.C3H8O.C3H8/c1-6-4-2-3-5-6;1-2-4-6-5-3-1;1-5-3-2-4-5;1-2-5-3-4-5;1-2-4-5-3-1;1-4-2-3-4;1-3-4-2;1-3-2/h6H,2-5H2,1H3;1-6H2;2*5H,2-4H2,1H3;1-5H2;4H,2-3H2,1H3;3H2,1-2H3;3H2,1-2H3. The van der Waals surface area contributed by atoms with Crippen molar-refractivity contribution in [3.05, 3.63) is 0 Å². The molecule has 6 aliphatic rings. The van der Waals surface area contributed by atoms with E-state index in [1.807, 2.05) is 6.92 Å². The summed E-state index contributed by atoms with van der Waals surface area (Å²) < 4.78 is 4.54. The maximum absolute atomic E-state index is 4.54. The third-order valence-corrected chi connectivity index (χ3v) is 8.22. The molecule has 6 saturated carbocycles. The topological polar surface area (TPSA) is 9.23 Å². The summed E-state index contributed by atoms with van der Waals surface area (Å²) in [6.07, 6.45) is 35.6. The zero-order chi connectivity index (χ0) is 28.7. The number of hydrogen-bond donors (Lipinski definition) is 0. The van der Waals surface area contributed by atoms with Gasteiger partial charge in [-0.25, -0.2) is 0 Å². The average Bonchev–Trinajstić information content (AvgIpc) is 3.81.